The van der Waals surface area contributed by atoms with Crippen molar-refractivity contribution in [1.82, 2.24) is 4.31 Å². The Morgan fingerprint density at radius 1 is 1.03 bits per heavy atom. The van der Waals surface area contributed by atoms with E-state index >= 15 is 0 Å². The lowest BCUT2D eigenvalue weighted by molar-refractivity contribution is -0.147. The molecule has 1 N–H and O–H groups in total. The second kappa shape index (κ2) is 10.9. The van der Waals surface area contributed by atoms with Crippen LogP contribution >= 0.6 is 0 Å². The highest BCUT2D eigenvalue weighted by Crippen LogP contribution is 2.20. The molecule has 0 bridgehead atoms. The number of sulfonamides is 1. The summed E-state index contributed by atoms with van der Waals surface area (Å²) in [6.45, 7) is 5.71. The topological polar surface area (TPSA) is 92.8 Å². The molecule has 8 heteroatoms. The van der Waals surface area contributed by atoms with Crippen molar-refractivity contribution in [3.8, 4) is 0 Å². The zero-order valence-corrected chi connectivity index (χ0v) is 18.3. The largest absolute Gasteiger partial charge is 0.456 e. The van der Waals surface area contributed by atoms with Crippen LogP contribution in [0.15, 0.2) is 59.5 Å². The predicted octanol–water partition coefficient (Wildman–Crippen LogP) is 3.39. The van der Waals surface area contributed by atoms with Gasteiger partial charge in [-0.05, 0) is 29.7 Å². The highest BCUT2D eigenvalue weighted by Gasteiger charge is 2.22. The standard InChI is InChI=1S/C22H28N2O5S/c1-4-24(5-2)30(27,28)20-13-9-12-19(15-20)23-21(25)16-29-22(26)14-17(3)18-10-7-6-8-11-18/h6-13,15,17H,4-5,14,16H2,1-3H3,(H,23,25). The average molecular weight is 433 g/mol. The maximum atomic E-state index is 12.6. The van der Waals surface area contributed by atoms with E-state index in [1.54, 1.807) is 26.0 Å². The van der Waals surface area contributed by atoms with Crippen LogP contribution in [-0.2, 0) is 24.3 Å². The Balaban J connectivity index is 1.91. The van der Waals surface area contributed by atoms with Gasteiger partial charge < -0.3 is 10.1 Å². The second-order valence-corrected chi connectivity index (χ2v) is 8.78. The maximum Gasteiger partial charge on any atom is 0.306 e. The first-order valence-corrected chi connectivity index (χ1v) is 11.3. The summed E-state index contributed by atoms with van der Waals surface area (Å²) in [5.41, 5.74) is 1.34. The fourth-order valence-electron chi connectivity index (χ4n) is 3.00. The third-order valence-electron chi connectivity index (χ3n) is 4.67. The van der Waals surface area contributed by atoms with Crippen molar-refractivity contribution in [2.45, 2.75) is 38.0 Å². The van der Waals surface area contributed by atoms with Crippen LogP contribution in [0.2, 0.25) is 0 Å². The minimum atomic E-state index is -3.63. The lowest BCUT2D eigenvalue weighted by atomic mass is 9.98. The number of hydrogen-bond donors (Lipinski definition) is 1. The lowest BCUT2D eigenvalue weighted by Gasteiger charge is -2.18. The molecule has 2 aromatic rings. The second-order valence-electron chi connectivity index (χ2n) is 6.84. The van der Waals surface area contributed by atoms with Crippen molar-refractivity contribution in [2.24, 2.45) is 0 Å². The minimum absolute atomic E-state index is 0.0243. The number of carbonyl (C=O) groups is 2. The third-order valence-corrected chi connectivity index (χ3v) is 6.71. The van der Waals surface area contributed by atoms with Crippen LogP contribution < -0.4 is 5.32 Å². The zero-order valence-electron chi connectivity index (χ0n) is 17.5. The van der Waals surface area contributed by atoms with Crippen molar-refractivity contribution in [2.75, 3.05) is 25.0 Å². The van der Waals surface area contributed by atoms with Crippen molar-refractivity contribution in [3.05, 3.63) is 60.2 Å². The van der Waals surface area contributed by atoms with Gasteiger partial charge in [0.2, 0.25) is 10.0 Å². The summed E-state index contributed by atoms with van der Waals surface area (Å²) in [4.78, 5) is 24.3. The van der Waals surface area contributed by atoms with Gasteiger partial charge in [-0.1, -0.05) is 57.2 Å². The number of carbonyl (C=O) groups excluding carboxylic acids is 2. The number of esters is 1. The van der Waals surface area contributed by atoms with E-state index in [1.807, 2.05) is 37.3 Å². The molecule has 1 unspecified atom stereocenters. The lowest BCUT2D eigenvalue weighted by Crippen LogP contribution is -2.30. The molecule has 0 heterocycles. The molecule has 0 aliphatic carbocycles. The maximum absolute atomic E-state index is 12.6. The van der Waals surface area contributed by atoms with E-state index in [-0.39, 0.29) is 17.2 Å². The Hall–Kier alpha value is -2.71. The number of amides is 1. The van der Waals surface area contributed by atoms with Gasteiger partial charge >= 0.3 is 5.97 Å². The van der Waals surface area contributed by atoms with Crippen LogP contribution in [0.3, 0.4) is 0 Å². The first-order valence-electron chi connectivity index (χ1n) is 9.88. The summed E-state index contributed by atoms with van der Waals surface area (Å²) in [5, 5.41) is 2.57. The van der Waals surface area contributed by atoms with Gasteiger partial charge in [0, 0.05) is 18.8 Å². The average Bonchev–Trinajstić information content (AvgIpc) is 2.74. The number of nitrogens with zero attached hydrogens (tertiary/aromatic N) is 1. The van der Waals surface area contributed by atoms with Crippen LogP contribution in [0, 0.1) is 0 Å². The predicted molar refractivity (Wildman–Crippen MR) is 116 cm³/mol. The van der Waals surface area contributed by atoms with Crippen molar-refractivity contribution in [1.29, 1.82) is 0 Å². The molecule has 0 aromatic heterocycles. The Morgan fingerprint density at radius 3 is 2.33 bits per heavy atom. The molecule has 1 amide bonds. The molecule has 0 radical (unpaired) electrons. The Kier molecular flexibility index (Phi) is 8.56. The van der Waals surface area contributed by atoms with Crippen LogP contribution in [0.1, 0.15) is 38.7 Å². The van der Waals surface area contributed by atoms with E-state index in [0.29, 0.717) is 18.8 Å². The normalized spacial score (nSPS) is 12.4. The molecule has 0 aliphatic rings. The van der Waals surface area contributed by atoms with E-state index in [0.717, 1.165) is 5.56 Å². The first-order chi connectivity index (χ1) is 14.3. The number of ether oxygens (including phenoxy) is 1. The zero-order chi connectivity index (χ0) is 22.1. The van der Waals surface area contributed by atoms with Crippen molar-refractivity contribution in [3.63, 3.8) is 0 Å². The monoisotopic (exact) mass is 432 g/mol. The number of rotatable bonds is 10. The van der Waals surface area contributed by atoms with Crippen LogP contribution in [0.5, 0.6) is 0 Å². The summed E-state index contributed by atoms with van der Waals surface area (Å²) in [7, 11) is -3.63. The highest BCUT2D eigenvalue weighted by atomic mass is 32.2. The van der Waals surface area contributed by atoms with Gasteiger partial charge in [-0.2, -0.15) is 4.31 Å². The Morgan fingerprint density at radius 2 is 1.70 bits per heavy atom. The van der Waals surface area contributed by atoms with E-state index in [4.69, 9.17) is 4.74 Å². The number of anilines is 1. The Bertz CT molecular complexity index is 957. The van der Waals surface area contributed by atoms with Crippen LogP contribution in [0.4, 0.5) is 5.69 Å². The number of nitrogens with one attached hydrogen (secondary N) is 1. The summed E-state index contributed by atoms with van der Waals surface area (Å²) in [6, 6.07) is 15.6. The highest BCUT2D eigenvalue weighted by molar-refractivity contribution is 7.89. The van der Waals surface area contributed by atoms with E-state index in [9.17, 15) is 18.0 Å². The molecule has 2 rings (SSSR count). The molecule has 162 valence electrons. The smallest absolute Gasteiger partial charge is 0.306 e. The van der Waals surface area contributed by atoms with Crippen molar-refractivity contribution >= 4 is 27.6 Å². The molecule has 2 aromatic carbocycles. The van der Waals surface area contributed by atoms with Gasteiger partial charge in [0.05, 0.1) is 11.3 Å². The summed E-state index contributed by atoms with van der Waals surface area (Å²) < 4.78 is 31.6. The van der Waals surface area contributed by atoms with Crippen LogP contribution in [0.25, 0.3) is 0 Å². The third kappa shape index (κ3) is 6.40. The quantitative estimate of drug-likeness (QED) is 0.581. The molecular formula is C22H28N2O5S. The molecule has 0 saturated heterocycles. The Labute approximate surface area is 178 Å². The van der Waals surface area contributed by atoms with Gasteiger partial charge in [0.15, 0.2) is 6.61 Å². The fourth-order valence-corrected chi connectivity index (χ4v) is 4.50. The van der Waals surface area contributed by atoms with Crippen LogP contribution in [-0.4, -0.2) is 44.3 Å². The molecule has 0 spiro atoms. The fraction of sp³-hybridized carbons (Fsp3) is 0.364. The minimum Gasteiger partial charge on any atom is -0.456 e. The van der Waals surface area contributed by atoms with Gasteiger partial charge in [-0.3, -0.25) is 9.59 Å². The van der Waals surface area contributed by atoms with Gasteiger partial charge in [-0.25, -0.2) is 8.42 Å². The number of hydrogen-bond acceptors (Lipinski definition) is 5. The van der Waals surface area contributed by atoms with Crippen molar-refractivity contribution < 1.29 is 22.7 Å². The van der Waals surface area contributed by atoms with Gasteiger partial charge in [0.1, 0.15) is 0 Å². The van der Waals surface area contributed by atoms with Gasteiger partial charge in [0.25, 0.3) is 5.91 Å². The summed E-state index contributed by atoms with van der Waals surface area (Å²) >= 11 is 0. The molecule has 0 fully saturated rings. The summed E-state index contributed by atoms with van der Waals surface area (Å²) in [6.07, 6.45) is 0.162. The molecule has 0 saturated carbocycles. The molecular weight excluding hydrogens is 404 g/mol. The van der Waals surface area contributed by atoms with E-state index in [1.165, 1.54) is 16.4 Å². The number of benzene rings is 2. The molecule has 30 heavy (non-hydrogen) atoms. The first kappa shape index (κ1) is 23.6. The van der Waals surface area contributed by atoms with E-state index < -0.39 is 28.5 Å². The molecule has 1 atom stereocenters. The van der Waals surface area contributed by atoms with Gasteiger partial charge in [-0.15, -0.1) is 0 Å². The molecule has 0 aliphatic heterocycles. The molecule has 7 nitrogen and oxygen atoms in total. The van der Waals surface area contributed by atoms with E-state index in [2.05, 4.69) is 5.32 Å². The summed E-state index contributed by atoms with van der Waals surface area (Å²) in [5.74, 6) is -1.03. The SMILES string of the molecule is CCN(CC)S(=O)(=O)c1cccc(NC(=O)COC(=O)CC(C)c2ccccc2)c1.